The zero-order chi connectivity index (χ0) is 13.1. The van der Waals surface area contributed by atoms with Gasteiger partial charge in [-0.15, -0.1) is 0 Å². The SMILES string of the molecule is CC(=O)c1sc(NC(=O)c2cncnc2)nc1C. The fraction of sp³-hybridized carbons (Fsp3) is 0.182. The van der Waals surface area contributed by atoms with Gasteiger partial charge in [0.2, 0.25) is 0 Å². The van der Waals surface area contributed by atoms with Crippen LogP contribution in [0.3, 0.4) is 0 Å². The Kier molecular flexibility index (Phi) is 3.42. The van der Waals surface area contributed by atoms with Gasteiger partial charge in [0.1, 0.15) is 6.33 Å². The number of carbonyl (C=O) groups excluding carboxylic acids is 2. The first-order valence-electron chi connectivity index (χ1n) is 5.12. The molecular formula is C11H10N4O2S. The zero-order valence-corrected chi connectivity index (χ0v) is 10.6. The molecule has 0 aliphatic carbocycles. The zero-order valence-electron chi connectivity index (χ0n) is 9.80. The number of aryl methyl sites for hydroxylation is 1. The van der Waals surface area contributed by atoms with Crippen molar-refractivity contribution in [1.29, 1.82) is 0 Å². The van der Waals surface area contributed by atoms with E-state index in [1.807, 2.05) is 0 Å². The quantitative estimate of drug-likeness (QED) is 0.851. The van der Waals surface area contributed by atoms with Crippen LogP contribution < -0.4 is 5.32 Å². The average Bonchev–Trinajstić information content (AvgIpc) is 2.71. The number of nitrogens with zero attached hydrogens (tertiary/aromatic N) is 3. The molecule has 2 aromatic heterocycles. The molecule has 6 nitrogen and oxygen atoms in total. The molecule has 18 heavy (non-hydrogen) atoms. The van der Waals surface area contributed by atoms with E-state index in [1.165, 1.54) is 25.6 Å². The van der Waals surface area contributed by atoms with Crippen molar-refractivity contribution in [3.05, 3.63) is 34.9 Å². The third-order valence-corrected chi connectivity index (χ3v) is 3.33. The van der Waals surface area contributed by atoms with E-state index < -0.39 is 0 Å². The number of amides is 1. The van der Waals surface area contributed by atoms with Crippen LogP contribution in [0, 0.1) is 6.92 Å². The number of aromatic nitrogens is 3. The summed E-state index contributed by atoms with van der Waals surface area (Å²) in [6.45, 7) is 3.20. The van der Waals surface area contributed by atoms with Crippen LogP contribution in [-0.4, -0.2) is 26.6 Å². The van der Waals surface area contributed by atoms with Crippen LogP contribution in [0.25, 0.3) is 0 Å². The lowest BCUT2D eigenvalue weighted by Crippen LogP contribution is -2.12. The van der Waals surface area contributed by atoms with Crippen molar-refractivity contribution in [3.8, 4) is 0 Å². The molecule has 0 fully saturated rings. The van der Waals surface area contributed by atoms with Gasteiger partial charge in [-0.25, -0.2) is 15.0 Å². The van der Waals surface area contributed by atoms with E-state index in [0.717, 1.165) is 11.3 Å². The minimum atomic E-state index is -0.348. The highest BCUT2D eigenvalue weighted by atomic mass is 32.1. The van der Waals surface area contributed by atoms with E-state index in [0.29, 0.717) is 21.3 Å². The van der Waals surface area contributed by atoms with Crippen molar-refractivity contribution in [3.63, 3.8) is 0 Å². The lowest BCUT2D eigenvalue weighted by molar-refractivity contribution is 0.101. The summed E-state index contributed by atoms with van der Waals surface area (Å²) in [7, 11) is 0. The Bertz CT molecular complexity index is 594. The number of hydrogen-bond acceptors (Lipinski definition) is 6. The highest BCUT2D eigenvalue weighted by molar-refractivity contribution is 7.17. The molecule has 2 rings (SSSR count). The van der Waals surface area contributed by atoms with Gasteiger partial charge in [0.15, 0.2) is 10.9 Å². The minimum Gasteiger partial charge on any atom is -0.298 e. The average molecular weight is 262 g/mol. The Labute approximate surface area is 107 Å². The van der Waals surface area contributed by atoms with Crippen molar-refractivity contribution >= 4 is 28.2 Å². The van der Waals surface area contributed by atoms with Crippen molar-refractivity contribution < 1.29 is 9.59 Å². The molecule has 0 saturated heterocycles. The van der Waals surface area contributed by atoms with E-state index in [-0.39, 0.29) is 11.7 Å². The van der Waals surface area contributed by atoms with Crippen molar-refractivity contribution in [1.82, 2.24) is 15.0 Å². The van der Waals surface area contributed by atoms with Crippen LogP contribution in [0.1, 0.15) is 32.6 Å². The van der Waals surface area contributed by atoms with E-state index in [2.05, 4.69) is 20.3 Å². The molecule has 2 heterocycles. The number of rotatable bonds is 3. The predicted octanol–water partition coefficient (Wildman–Crippen LogP) is 1.70. The molecule has 0 aromatic carbocycles. The number of ketones is 1. The molecule has 2 aromatic rings. The van der Waals surface area contributed by atoms with Crippen LogP contribution in [0.4, 0.5) is 5.13 Å². The van der Waals surface area contributed by atoms with Crippen LogP contribution in [0.5, 0.6) is 0 Å². The van der Waals surface area contributed by atoms with Crippen LogP contribution >= 0.6 is 11.3 Å². The Morgan fingerprint density at radius 2 is 1.94 bits per heavy atom. The van der Waals surface area contributed by atoms with Gasteiger partial charge in [-0.2, -0.15) is 0 Å². The monoisotopic (exact) mass is 262 g/mol. The number of Topliss-reactive ketones (excluding diaryl/α,β-unsaturated/α-hetero) is 1. The Morgan fingerprint density at radius 3 is 2.50 bits per heavy atom. The van der Waals surface area contributed by atoms with E-state index in [1.54, 1.807) is 6.92 Å². The molecule has 0 bridgehead atoms. The Hall–Kier alpha value is -2.15. The molecule has 0 spiro atoms. The highest BCUT2D eigenvalue weighted by Crippen LogP contribution is 2.23. The maximum absolute atomic E-state index is 11.8. The topological polar surface area (TPSA) is 84.8 Å². The van der Waals surface area contributed by atoms with Gasteiger partial charge in [-0.05, 0) is 6.92 Å². The third kappa shape index (κ3) is 2.57. The van der Waals surface area contributed by atoms with Gasteiger partial charge in [0.05, 0.1) is 16.1 Å². The first-order valence-corrected chi connectivity index (χ1v) is 5.94. The number of carbonyl (C=O) groups is 2. The second-order valence-electron chi connectivity index (χ2n) is 3.57. The summed E-state index contributed by atoms with van der Waals surface area (Å²) in [5.41, 5.74) is 0.960. The van der Waals surface area contributed by atoms with Gasteiger partial charge in [0, 0.05) is 19.3 Å². The van der Waals surface area contributed by atoms with Gasteiger partial charge in [0.25, 0.3) is 5.91 Å². The lowest BCUT2D eigenvalue weighted by atomic mass is 10.3. The van der Waals surface area contributed by atoms with E-state index in [9.17, 15) is 9.59 Å². The van der Waals surface area contributed by atoms with Gasteiger partial charge in [-0.1, -0.05) is 11.3 Å². The number of thiazole rings is 1. The molecule has 0 aliphatic heterocycles. The summed E-state index contributed by atoms with van der Waals surface area (Å²) in [6.07, 6.45) is 4.17. The molecule has 1 amide bonds. The molecule has 0 unspecified atom stereocenters. The molecule has 0 atom stereocenters. The summed E-state index contributed by atoms with van der Waals surface area (Å²) in [5.74, 6) is -0.409. The largest absolute Gasteiger partial charge is 0.298 e. The Balaban J connectivity index is 2.18. The van der Waals surface area contributed by atoms with Crippen molar-refractivity contribution in [2.24, 2.45) is 0 Å². The molecule has 0 radical (unpaired) electrons. The van der Waals surface area contributed by atoms with Gasteiger partial charge < -0.3 is 0 Å². The lowest BCUT2D eigenvalue weighted by Gasteiger charge is -1.99. The first kappa shape index (κ1) is 12.3. The summed E-state index contributed by atoms with van der Waals surface area (Å²) < 4.78 is 0. The first-order chi connectivity index (χ1) is 8.58. The van der Waals surface area contributed by atoms with Gasteiger partial charge in [-0.3, -0.25) is 14.9 Å². The highest BCUT2D eigenvalue weighted by Gasteiger charge is 2.14. The molecule has 92 valence electrons. The normalized spacial score (nSPS) is 10.1. The van der Waals surface area contributed by atoms with E-state index in [4.69, 9.17) is 0 Å². The second kappa shape index (κ2) is 5.01. The maximum Gasteiger partial charge on any atom is 0.260 e. The summed E-state index contributed by atoms with van der Waals surface area (Å²) >= 11 is 1.16. The molecule has 0 aliphatic rings. The van der Waals surface area contributed by atoms with E-state index >= 15 is 0 Å². The molecule has 0 saturated carbocycles. The molecule has 7 heteroatoms. The smallest absolute Gasteiger partial charge is 0.260 e. The third-order valence-electron chi connectivity index (χ3n) is 2.16. The van der Waals surface area contributed by atoms with Crippen molar-refractivity contribution in [2.45, 2.75) is 13.8 Å². The maximum atomic E-state index is 11.8. The number of hydrogen-bond donors (Lipinski definition) is 1. The molecular weight excluding hydrogens is 252 g/mol. The predicted molar refractivity (Wildman–Crippen MR) is 66.8 cm³/mol. The Morgan fingerprint density at radius 1 is 1.28 bits per heavy atom. The van der Waals surface area contributed by atoms with Crippen molar-refractivity contribution in [2.75, 3.05) is 5.32 Å². The second-order valence-corrected chi connectivity index (χ2v) is 4.57. The molecule has 1 N–H and O–H groups in total. The van der Waals surface area contributed by atoms with Crippen LogP contribution in [-0.2, 0) is 0 Å². The van der Waals surface area contributed by atoms with Crippen LogP contribution in [0.2, 0.25) is 0 Å². The number of nitrogens with one attached hydrogen (secondary N) is 1. The standard InChI is InChI=1S/C11H10N4O2S/c1-6-9(7(2)16)18-11(14-6)15-10(17)8-3-12-5-13-4-8/h3-5H,1-2H3,(H,14,15,17). The summed E-state index contributed by atoms with van der Waals surface area (Å²) in [6, 6.07) is 0. The van der Waals surface area contributed by atoms with Crippen LogP contribution in [0.15, 0.2) is 18.7 Å². The summed E-state index contributed by atoms with van der Waals surface area (Å²) in [5, 5.41) is 3.01. The van der Waals surface area contributed by atoms with Gasteiger partial charge >= 0.3 is 0 Å². The number of anilines is 1. The fourth-order valence-electron chi connectivity index (χ4n) is 1.36. The fourth-order valence-corrected chi connectivity index (χ4v) is 2.22. The minimum absolute atomic E-state index is 0.0615. The summed E-state index contributed by atoms with van der Waals surface area (Å²) in [4.78, 5) is 35.3.